The summed E-state index contributed by atoms with van der Waals surface area (Å²) in [5.41, 5.74) is 0.0415. The molecule has 2 N–H and O–H groups in total. The van der Waals surface area contributed by atoms with E-state index >= 15 is 0 Å². The maximum Gasteiger partial charge on any atom is 0.271 e. The van der Waals surface area contributed by atoms with Crippen LogP contribution in [0.25, 0.3) is 0 Å². The summed E-state index contributed by atoms with van der Waals surface area (Å²) in [4.78, 5) is 22.1. The molecule has 0 unspecified atom stereocenters. The number of hydrogen-bond acceptors (Lipinski definition) is 4. The molecule has 2 aromatic carbocycles. The number of amides is 1. The molecule has 108 valence electrons. The van der Waals surface area contributed by atoms with Gasteiger partial charge in [-0.1, -0.05) is 23.2 Å². The molecule has 0 bridgehead atoms. The highest BCUT2D eigenvalue weighted by molar-refractivity contribution is 6.32. The molecular formula is C13H8Cl2N2O4. The summed E-state index contributed by atoms with van der Waals surface area (Å²) in [5, 5.41) is 22.9. The van der Waals surface area contributed by atoms with Gasteiger partial charge in [-0.3, -0.25) is 14.9 Å². The minimum absolute atomic E-state index is 0.0311. The number of rotatable bonds is 3. The van der Waals surface area contributed by atoms with E-state index in [1.165, 1.54) is 24.3 Å². The summed E-state index contributed by atoms with van der Waals surface area (Å²) in [5.74, 6) is -0.783. The van der Waals surface area contributed by atoms with Crippen LogP contribution in [0.2, 0.25) is 10.0 Å². The lowest BCUT2D eigenvalue weighted by Gasteiger charge is -2.07. The fourth-order valence-corrected chi connectivity index (χ4v) is 1.95. The van der Waals surface area contributed by atoms with E-state index in [9.17, 15) is 20.0 Å². The van der Waals surface area contributed by atoms with Gasteiger partial charge in [-0.25, -0.2) is 0 Å². The number of nitrogens with one attached hydrogen (secondary N) is 1. The van der Waals surface area contributed by atoms with E-state index in [0.29, 0.717) is 5.69 Å². The number of phenols is 1. The second-order valence-corrected chi connectivity index (χ2v) is 4.92. The highest BCUT2D eigenvalue weighted by atomic mass is 35.5. The molecule has 2 rings (SSSR count). The smallest absolute Gasteiger partial charge is 0.271 e. The normalized spacial score (nSPS) is 10.2. The standard InChI is InChI=1S/C13H8Cl2N2O4/c14-8-3-7(4-10(5-8)17(20)21)13(19)16-9-1-2-11(15)12(18)6-9/h1-6,18H,(H,16,19). The highest BCUT2D eigenvalue weighted by Crippen LogP contribution is 2.27. The van der Waals surface area contributed by atoms with E-state index < -0.39 is 10.8 Å². The molecule has 0 atom stereocenters. The molecule has 2 aromatic rings. The summed E-state index contributed by atoms with van der Waals surface area (Å²) >= 11 is 11.4. The first-order valence-corrected chi connectivity index (χ1v) is 6.37. The molecule has 0 heterocycles. The van der Waals surface area contributed by atoms with E-state index in [-0.39, 0.29) is 27.0 Å². The minimum atomic E-state index is -0.642. The largest absolute Gasteiger partial charge is 0.506 e. The number of phenolic OH excluding ortho intramolecular Hbond substituents is 1. The van der Waals surface area contributed by atoms with Crippen molar-refractivity contribution in [2.45, 2.75) is 0 Å². The van der Waals surface area contributed by atoms with Crippen molar-refractivity contribution < 1.29 is 14.8 Å². The van der Waals surface area contributed by atoms with Crippen LogP contribution < -0.4 is 5.32 Å². The van der Waals surface area contributed by atoms with E-state index in [1.807, 2.05) is 0 Å². The second kappa shape index (κ2) is 5.99. The van der Waals surface area contributed by atoms with Crippen LogP contribution in [0.5, 0.6) is 5.75 Å². The molecule has 1 amide bonds. The first-order valence-electron chi connectivity index (χ1n) is 5.61. The Kier molecular flexibility index (Phi) is 4.30. The number of nitro benzene ring substituents is 1. The van der Waals surface area contributed by atoms with Crippen molar-refractivity contribution >= 4 is 40.5 Å². The Morgan fingerprint density at radius 3 is 2.52 bits per heavy atom. The zero-order chi connectivity index (χ0) is 15.6. The van der Waals surface area contributed by atoms with Gasteiger partial charge in [0.1, 0.15) is 5.75 Å². The van der Waals surface area contributed by atoms with Crippen LogP contribution in [0.1, 0.15) is 10.4 Å². The van der Waals surface area contributed by atoms with Crippen LogP contribution in [0.3, 0.4) is 0 Å². The number of nitrogens with zero attached hydrogens (tertiary/aromatic N) is 1. The number of benzene rings is 2. The lowest BCUT2D eigenvalue weighted by Crippen LogP contribution is -2.12. The van der Waals surface area contributed by atoms with Crippen LogP contribution in [-0.2, 0) is 0 Å². The molecule has 0 aliphatic heterocycles. The molecular weight excluding hydrogens is 319 g/mol. The van der Waals surface area contributed by atoms with E-state index in [2.05, 4.69) is 5.32 Å². The minimum Gasteiger partial charge on any atom is -0.506 e. The first-order chi connectivity index (χ1) is 9.86. The third kappa shape index (κ3) is 3.62. The van der Waals surface area contributed by atoms with Crippen molar-refractivity contribution in [3.63, 3.8) is 0 Å². The summed E-state index contributed by atoms with van der Waals surface area (Å²) in [6, 6.07) is 7.72. The van der Waals surface area contributed by atoms with E-state index in [0.717, 1.165) is 12.1 Å². The van der Waals surface area contributed by atoms with Gasteiger partial charge in [0.15, 0.2) is 0 Å². The predicted molar refractivity (Wildman–Crippen MR) is 79.2 cm³/mol. The molecule has 0 saturated heterocycles. The van der Waals surface area contributed by atoms with Gasteiger partial charge in [-0.05, 0) is 18.2 Å². The topological polar surface area (TPSA) is 92.5 Å². The van der Waals surface area contributed by atoms with Gasteiger partial charge in [0.2, 0.25) is 0 Å². The van der Waals surface area contributed by atoms with Crippen molar-refractivity contribution in [1.29, 1.82) is 0 Å². The van der Waals surface area contributed by atoms with Gasteiger partial charge in [0, 0.05) is 34.5 Å². The lowest BCUT2D eigenvalue weighted by atomic mass is 10.2. The molecule has 0 spiro atoms. The molecule has 8 heteroatoms. The zero-order valence-corrected chi connectivity index (χ0v) is 11.9. The van der Waals surface area contributed by atoms with Crippen LogP contribution >= 0.6 is 23.2 Å². The van der Waals surface area contributed by atoms with E-state index in [4.69, 9.17) is 23.2 Å². The van der Waals surface area contributed by atoms with Crippen molar-refractivity contribution in [3.05, 3.63) is 62.1 Å². The number of hydrogen-bond donors (Lipinski definition) is 2. The maximum atomic E-state index is 12.0. The van der Waals surface area contributed by atoms with Gasteiger partial charge in [-0.2, -0.15) is 0 Å². The van der Waals surface area contributed by atoms with Crippen molar-refractivity contribution in [2.75, 3.05) is 5.32 Å². The molecule has 0 aromatic heterocycles. The van der Waals surface area contributed by atoms with Gasteiger partial charge < -0.3 is 10.4 Å². The van der Waals surface area contributed by atoms with Gasteiger partial charge in [0.25, 0.3) is 11.6 Å². The monoisotopic (exact) mass is 326 g/mol. The number of halogens is 2. The number of non-ortho nitro benzene ring substituents is 1. The summed E-state index contributed by atoms with van der Waals surface area (Å²) in [6.07, 6.45) is 0. The predicted octanol–water partition coefficient (Wildman–Crippen LogP) is 3.86. The molecule has 0 aliphatic carbocycles. The summed E-state index contributed by atoms with van der Waals surface area (Å²) in [6.45, 7) is 0. The molecule has 0 fully saturated rings. The molecule has 0 aliphatic rings. The Balaban J connectivity index is 2.27. The van der Waals surface area contributed by atoms with Crippen molar-refractivity contribution in [3.8, 4) is 5.75 Å². The maximum absolute atomic E-state index is 12.0. The SMILES string of the molecule is O=C(Nc1ccc(Cl)c(O)c1)c1cc(Cl)cc([N+](=O)[O-])c1. The van der Waals surface area contributed by atoms with Crippen LogP contribution in [0.15, 0.2) is 36.4 Å². The van der Waals surface area contributed by atoms with Crippen LogP contribution in [-0.4, -0.2) is 15.9 Å². The van der Waals surface area contributed by atoms with Gasteiger partial charge in [0.05, 0.1) is 9.95 Å². The third-order valence-corrected chi connectivity index (χ3v) is 3.10. The fraction of sp³-hybridized carbons (Fsp3) is 0. The van der Waals surface area contributed by atoms with Crippen molar-refractivity contribution in [2.24, 2.45) is 0 Å². The molecule has 0 saturated carbocycles. The van der Waals surface area contributed by atoms with Gasteiger partial charge >= 0.3 is 0 Å². The Morgan fingerprint density at radius 2 is 1.90 bits per heavy atom. The number of carbonyl (C=O) groups excluding carboxylic acids is 1. The average molecular weight is 327 g/mol. The average Bonchev–Trinajstić information content (AvgIpc) is 2.42. The van der Waals surface area contributed by atoms with Crippen LogP contribution in [0.4, 0.5) is 11.4 Å². The number of carbonyl (C=O) groups is 1. The molecule has 6 nitrogen and oxygen atoms in total. The molecule has 21 heavy (non-hydrogen) atoms. The highest BCUT2D eigenvalue weighted by Gasteiger charge is 2.14. The van der Waals surface area contributed by atoms with Crippen LogP contribution in [0, 0.1) is 10.1 Å². The van der Waals surface area contributed by atoms with Gasteiger partial charge in [-0.15, -0.1) is 0 Å². The number of nitro groups is 1. The van der Waals surface area contributed by atoms with E-state index in [1.54, 1.807) is 0 Å². The summed E-state index contributed by atoms with van der Waals surface area (Å²) in [7, 11) is 0. The second-order valence-electron chi connectivity index (χ2n) is 4.08. The van der Waals surface area contributed by atoms with Crippen molar-refractivity contribution in [1.82, 2.24) is 0 Å². The summed E-state index contributed by atoms with van der Waals surface area (Å²) < 4.78 is 0. The zero-order valence-electron chi connectivity index (χ0n) is 10.3. The molecule has 0 radical (unpaired) electrons. The first kappa shape index (κ1) is 15.1. The number of anilines is 1. The fourth-order valence-electron chi connectivity index (χ4n) is 1.60. The lowest BCUT2D eigenvalue weighted by molar-refractivity contribution is -0.384. The Morgan fingerprint density at radius 1 is 1.19 bits per heavy atom. The number of aromatic hydroxyl groups is 1. The quantitative estimate of drug-likeness (QED) is 0.661. The Hall–Kier alpha value is -2.31. The third-order valence-electron chi connectivity index (χ3n) is 2.56. The Labute approximate surface area is 129 Å². The Bertz CT molecular complexity index is 734.